The zero-order valence-electron chi connectivity index (χ0n) is 13.4. The Balaban J connectivity index is 1.41. The van der Waals surface area contributed by atoms with Crippen LogP contribution in [0.1, 0.15) is 5.69 Å². The van der Waals surface area contributed by atoms with Gasteiger partial charge in [0.15, 0.2) is 0 Å². The first-order valence-electron chi connectivity index (χ1n) is 7.96. The van der Waals surface area contributed by atoms with E-state index in [1.807, 2.05) is 36.4 Å². The summed E-state index contributed by atoms with van der Waals surface area (Å²) in [6, 6.07) is 13.2. The first-order chi connectivity index (χ1) is 11.7. The van der Waals surface area contributed by atoms with Gasteiger partial charge in [-0.1, -0.05) is 11.6 Å². The number of hydrogen-bond acceptors (Lipinski definition) is 5. The van der Waals surface area contributed by atoms with Crippen LogP contribution in [0.4, 0.5) is 5.69 Å². The third kappa shape index (κ3) is 4.38. The predicted octanol–water partition coefficient (Wildman–Crippen LogP) is 2.81. The first kappa shape index (κ1) is 16.6. The number of halogens is 1. The van der Waals surface area contributed by atoms with E-state index in [9.17, 15) is 0 Å². The second kappa shape index (κ2) is 8.00. The van der Waals surface area contributed by atoms with Gasteiger partial charge in [0.05, 0.1) is 11.9 Å². The highest BCUT2D eigenvalue weighted by Gasteiger charge is 2.17. The van der Waals surface area contributed by atoms with Crippen LogP contribution in [0.3, 0.4) is 0 Å². The van der Waals surface area contributed by atoms with Gasteiger partial charge in [0.2, 0.25) is 0 Å². The number of hydrogen-bond donors (Lipinski definition) is 0. The maximum Gasteiger partial charge on any atom is 0.140 e. The van der Waals surface area contributed by atoms with Gasteiger partial charge in [0.1, 0.15) is 24.1 Å². The molecule has 0 radical (unpaired) electrons. The molecule has 2 heterocycles. The standard InChI is InChI=1S/C18H19ClN4O/c19-15-1-5-18(6-2-15)24-12-11-22-7-9-23(10-8-22)17-4-3-16(13-20)21-14-17/h1-6,14H,7-12H2. The van der Waals surface area contributed by atoms with Crippen LogP contribution in [0.25, 0.3) is 0 Å². The highest BCUT2D eigenvalue weighted by molar-refractivity contribution is 6.30. The molecule has 1 aliphatic rings. The maximum absolute atomic E-state index is 8.80. The molecular weight excluding hydrogens is 324 g/mol. The summed E-state index contributed by atoms with van der Waals surface area (Å²) in [5.41, 5.74) is 1.53. The van der Waals surface area contributed by atoms with Crippen molar-refractivity contribution in [3.8, 4) is 11.8 Å². The molecule has 5 nitrogen and oxygen atoms in total. The molecule has 24 heavy (non-hydrogen) atoms. The molecule has 1 saturated heterocycles. The minimum absolute atomic E-state index is 0.455. The van der Waals surface area contributed by atoms with E-state index in [4.69, 9.17) is 21.6 Å². The SMILES string of the molecule is N#Cc1ccc(N2CCN(CCOc3ccc(Cl)cc3)CC2)cn1. The van der Waals surface area contributed by atoms with Crippen LogP contribution in [0.15, 0.2) is 42.6 Å². The van der Waals surface area contributed by atoms with E-state index in [0.29, 0.717) is 12.3 Å². The highest BCUT2D eigenvalue weighted by atomic mass is 35.5. The molecule has 1 aliphatic heterocycles. The van der Waals surface area contributed by atoms with E-state index in [0.717, 1.165) is 49.2 Å². The molecule has 0 bridgehead atoms. The van der Waals surface area contributed by atoms with E-state index < -0.39 is 0 Å². The summed E-state index contributed by atoms with van der Waals surface area (Å²) in [4.78, 5) is 8.82. The number of piperazine rings is 1. The summed E-state index contributed by atoms with van der Waals surface area (Å²) < 4.78 is 5.75. The van der Waals surface area contributed by atoms with Gasteiger partial charge in [0, 0.05) is 37.7 Å². The fraction of sp³-hybridized carbons (Fsp3) is 0.333. The van der Waals surface area contributed by atoms with E-state index in [2.05, 4.69) is 14.8 Å². The van der Waals surface area contributed by atoms with Gasteiger partial charge in [-0.25, -0.2) is 4.98 Å². The van der Waals surface area contributed by atoms with Crippen molar-refractivity contribution in [3.63, 3.8) is 0 Å². The molecule has 2 aromatic rings. The molecule has 0 aliphatic carbocycles. The van der Waals surface area contributed by atoms with Crippen LogP contribution in [0.5, 0.6) is 5.75 Å². The van der Waals surface area contributed by atoms with Crippen LogP contribution in [0.2, 0.25) is 5.02 Å². The lowest BCUT2D eigenvalue weighted by Gasteiger charge is -2.35. The van der Waals surface area contributed by atoms with E-state index in [1.165, 1.54) is 0 Å². The fourth-order valence-corrected chi connectivity index (χ4v) is 2.82. The molecule has 1 aromatic carbocycles. The Morgan fingerprint density at radius 1 is 1.08 bits per heavy atom. The van der Waals surface area contributed by atoms with Crippen LogP contribution in [-0.4, -0.2) is 49.2 Å². The van der Waals surface area contributed by atoms with Crippen molar-refractivity contribution >= 4 is 17.3 Å². The van der Waals surface area contributed by atoms with Crippen molar-refractivity contribution in [2.24, 2.45) is 0 Å². The second-order valence-corrected chi connectivity index (χ2v) is 6.08. The predicted molar refractivity (Wildman–Crippen MR) is 94.6 cm³/mol. The van der Waals surface area contributed by atoms with Crippen molar-refractivity contribution in [1.29, 1.82) is 5.26 Å². The minimum atomic E-state index is 0.455. The molecular formula is C18H19ClN4O. The number of ether oxygens (including phenoxy) is 1. The van der Waals surface area contributed by atoms with Gasteiger partial charge in [0.25, 0.3) is 0 Å². The summed E-state index contributed by atoms with van der Waals surface area (Å²) in [5.74, 6) is 0.849. The van der Waals surface area contributed by atoms with Crippen molar-refractivity contribution < 1.29 is 4.74 Å². The summed E-state index contributed by atoms with van der Waals surface area (Å²) in [6.07, 6.45) is 1.78. The Hall–Kier alpha value is -2.29. The topological polar surface area (TPSA) is 52.4 Å². The third-order valence-corrected chi connectivity index (χ3v) is 4.34. The zero-order chi connectivity index (χ0) is 16.8. The molecule has 0 amide bonds. The third-order valence-electron chi connectivity index (χ3n) is 4.09. The molecule has 0 N–H and O–H groups in total. The molecule has 0 saturated carbocycles. The summed E-state index contributed by atoms with van der Waals surface area (Å²) in [6.45, 7) is 5.46. The minimum Gasteiger partial charge on any atom is -0.492 e. The van der Waals surface area contributed by atoms with E-state index in [-0.39, 0.29) is 0 Å². The van der Waals surface area contributed by atoms with Gasteiger partial charge in [-0.2, -0.15) is 5.26 Å². The van der Waals surface area contributed by atoms with E-state index >= 15 is 0 Å². The Kier molecular flexibility index (Phi) is 5.52. The summed E-state index contributed by atoms with van der Waals surface area (Å²) in [5, 5.41) is 9.52. The number of benzene rings is 1. The second-order valence-electron chi connectivity index (χ2n) is 5.64. The molecule has 0 spiro atoms. The Labute approximate surface area is 147 Å². The maximum atomic E-state index is 8.80. The molecule has 3 rings (SSSR count). The lowest BCUT2D eigenvalue weighted by atomic mass is 10.2. The van der Waals surface area contributed by atoms with Gasteiger partial charge < -0.3 is 9.64 Å². The Morgan fingerprint density at radius 2 is 1.83 bits per heavy atom. The normalized spacial score (nSPS) is 15.1. The lowest BCUT2D eigenvalue weighted by Crippen LogP contribution is -2.47. The monoisotopic (exact) mass is 342 g/mol. The average molecular weight is 343 g/mol. The number of nitrogens with zero attached hydrogens (tertiary/aromatic N) is 4. The van der Waals surface area contributed by atoms with Crippen LogP contribution in [-0.2, 0) is 0 Å². The van der Waals surface area contributed by atoms with E-state index in [1.54, 1.807) is 12.3 Å². The summed E-state index contributed by atoms with van der Waals surface area (Å²) in [7, 11) is 0. The zero-order valence-corrected chi connectivity index (χ0v) is 14.1. The van der Waals surface area contributed by atoms with Gasteiger partial charge in [-0.15, -0.1) is 0 Å². The lowest BCUT2D eigenvalue weighted by molar-refractivity contribution is 0.200. The highest BCUT2D eigenvalue weighted by Crippen LogP contribution is 2.17. The molecule has 124 valence electrons. The molecule has 0 atom stereocenters. The van der Waals surface area contributed by atoms with Gasteiger partial charge in [-0.3, -0.25) is 4.90 Å². The number of anilines is 1. The van der Waals surface area contributed by atoms with Crippen molar-refractivity contribution in [2.75, 3.05) is 44.2 Å². The van der Waals surface area contributed by atoms with Crippen LogP contribution >= 0.6 is 11.6 Å². The number of nitriles is 1. The molecule has 6 heteroatoms. The smallest absolute Gasteiger partial charge is 0.140 e. The largest absolute Gasteiger partial charge is 0.492 e. The molecule has 0 unspecified atom stereocenters. The van der Waals surface area contributed by atoms with Crippen molar-refractivity contribution in [3.05, 3.63) is 53.3 Å². The number of rotatable bonds is 5. The van der Waals surface area contributed by atoms with Crippen LogP contribution < -0.4 is 9.64 Å². The van der Waals surface area contributed by atoms with Gasteiger partial charge in [-0.05, 0) is 36.4 Å². The Bertz CT molecular complexity index is 688. The van der Waals surface area contributed by atoms with Crippen molar-refractivity contribution in [1.82, 2.24) is 9.88 Å². The Morgan fingerprint density at radius 3 is 2.46 bits per heavy atom. The fourth-order valence-electron chi connectivity index (χ4n) is 2.69. The van der Waals surface area contributed by atoms with Crippen molar-refractivity contribution in [2.45, 2.75) is 0 Å². The summed E-state index contributed by atoms with van der Waals surface area (Å²) >= 11 is 5.86. The average Bonchev–Trinajstić information content (AvgIpc) is 2.64. The number of aromatic nitrogens is 1. The quantitative estimate of drug-likeness (QED) is 0.836. The van der Waals surface area contributed by atoms with Gasteiger partial charge >= 0.3 is 0 Å². The van der Waals surface area contributed by atoms with Crippen LogP contribution in [0, 0.1) is 11.3 Å². The molecule has 1 aromatic heterocycles. The first-order valence-corrected chi connectivity index (χ1v) is 8.34. The number of pyridine rings is 1. The molecule has 1 fully saturated rings.